The van der Waals surface area contributed by atoms with Crippen molar-refractivity contribution < 1.29 is 14.6 Å². The molecule has 1 aromatic heterocycles. The second-order valence-corrected chi connectivity index (χ2v) is 7.55. The highest BCUT2D eigenvalue weighted by Gasteiger charge is 2.22. The van der Waals surface area contributed by atoms with Crippen LogP contribution in [0.5, 0.6) is 5.75 Å². The molecule has 0 aliphatic heterocycles. The second kappa shape index (κ2) is 9.63. The van der Waals surface area contributed by atoms with Gasteiger partial charge in [0.15, 0.2) is 0 Å². The van der Waals surface area contributed by atoms with Crippen LogP contribution in [0.4, 0.5) is 0 Å². The van der Waals surface area contributed by atoms with E-state index in [2.05, 4.69) is 35.0 Å². The lowest BCUT2D eigenvalue weighted by molar-refractivity contribution is 0.0694. The highest BCUT2D eigenvalue weighted by Crippen LogP contribution is 2.25. The molecule has 0 radical (unpaired) electrons. The number of hydrogen-bond acceptors (Lipinski definition) is 3. The van der Waals surface area contributed by atoms with Crippen LogP contribution in [0.25, 0.3) is 0 Å². The van der Waals surface area contributed by atoms with E-state index in [4.69, 9.17) is 4.74 Å². The number of aromatic carboxylic acids is 1. The molecule has 2 N–H and O–H groups in total. The van der Waals surface area contributed by atoms with Crippen molar-refractivity contribution in [3.63, 3.8) is 0 Å². The summed E-state index contributed by atoms with van der Waals surface area (Å²) in [4.78, 5) is 12.0. The smallest absolute Gasteiger partial charge is 0.337 e. The molecular formula is C25H30N2O3. The number of carboxylic acids is 1. The molecule has 1 heterocycles. The summed E-state index contributed by atoms with van der Waals surface area (Å²) in [6.07, 6.45) is 0. The Morgan fingerprint density at radius 3 is 2.50 bits per heavy atom. The molecule has 0 unspecified atom stereocenters. The van der Waals surface area contributed by atoms with Crippen molar-refractivity contribution in [2.75, 3.05) is 6.61 Å². The van der Waals surface area contributed by atoms with Crippen LogP contribution in [-0.4, -0.2) is 22.2 Å². The first-order valence-corrected chi connectivity index (χ1v) is 10.3. The number of aryl methyl sites for hydroxylation is 1. The zero-order valence-electron chi connectivity index (χ0n) is 18.2. The van der Waals surface area contributed by atoms with E-state index in [0.29, 0.717) is 31.8 Å². The van der Waals surface area contributed by atoms with Gasteiger partial charge in [0.05, 0.1) is 12.2 Å². The van der Waals surface area contributed by atoms with Gasteiger partial charge in [-0.05, 0) is 39.3 Å². The average molecular weight is 407 g/mol. The van der Waals surface area contributed by atoms with Crippen LogP contribution in [0.2, 0.25) is 0 Å². The molecule has 2 aromatic carbocycles. The van der Waals surface area contributed by atoms with Crippen molar-refractivity contribution in [2.24, 2.45) is 0 Å². The zero-order valence-corrected chi connectivity index (χ0v) is 18.2. The summed E-state index contributed by atoms with van der Waals surface area (Å²) in [7, 11) is 0. The van der Waals surface area contributed by atoms with Gasteiger partial charge < -0.3 is 19.7 Å². The van der Waals surface area contributed by atoms with E-state index >= 15 is 0 Å². The molecular weight excluding hydrogens is 376 g/mol. The van der Waals surface area contributed by atoms with E-state index < -0.39 is 5.97 Å². The lowest BCUT2D eigenvalue weighted by atomic mass is 10.1. The predicted octanol–water partition coefficient (Wildman–Crippen LogP) is 4.85. The summed E-state index contributed by atoms with van der Waals surface area (Å²) in [6.45, 7) is 10.3. The third-order valence-electron chi connectivity index (χ3n) is 5.44. The molecule has 3 aromatic rings. The van der Waals surface area contributed by atoms with Gasteiger partial charge in [0.2, 0.25) is 0 Å². The molecule has 5 nitrogen and oxygen atoms in total. The van der Waals surface area contributed by atoms with E-state index in [9.17, 15) is 9.90 Å². The van der Waals surface area contributed by atoms with Gasteiger partial charge in [-0.15, -0.1) is 0 Å². The average Bonchev–Trinajstić information content (AvgIpc) is 2.94. The molecule has 30 heavy (non-hydrogen) atoms. The summed E-state index contributed by atoms with van der Waals surface area (Å²) >= 11 is 0. The van der Waals surface area contributed by atoms with Gasteiger partial charge in [0.25, 0.3) is 0 Å². The Labute approximate surface area is 178 Å². The monoisotopic (exact) mass is 406 g/mol. The Kier molecular flexibility index (Phi) is 6.95. The Morgan fingerprint density at radius 2 is 1.80 bits per heavy atom. The molecule has 0 bridgehead atoms. The predicted molar refractivity (Wildman–Crippen MR) is 119 cm³/mol. The van der Waals surface area contributed by atoms with E-state index in [1.54, 1.807) is 0 Å². The molecule has 0 aliphatic rings. The Hall–Kier alpha value is -3.05. The fraction of sp³-hybridized carbons (Fsp3) is 0.320. The highest BCUT2D eigenvalue weighted by atomic mass is 16.5. The van der Waals surface area contributed by atoms with E-state index in [1.807, 2.05) is 51.1 Å². The maximum atomic E-state index is 12.0. The van der Waals surface area contributed by atoms with E-state index in [-0.39, 0.29) is 0 Å². The van der Waals surface area contributed by atoms with Crippen molar-refractivity contribution >= 4 is 5.97 Å². The van der Waals surface area contributed by atoms with Crippen molar-refractivity contribution in [1.29, 1.82) is 0 Å². The lowest BCUT2D eigenvalue weighted by Crippen LogP contribution is -2.16. The van der Waals surface area contributed by atoms with Crippen molar-refractivity contribution in [3.05, 3.63) is 87.7 Å². The number of aromatic nitrogens is 1. The van der Waals surface area contributed by atoms with Gasteiger partial charge >= 0.3 is 5.97 Å². The standard InChI is InChI=1S/C25H30N2O3/c1-5-30-23-12-7-6-11-21(23)14-26-15-22-18(3)27(19(4)24(22)25(28)29)16-20-10-8-9-17(2)13-20/h6-13,26H,5,14-16H2,1-4H3,(H,28,29). The van der Waals surface area contributed by atoms with Gasteiger partial charge in [-0.25, -0.2) is 4.79 Å². The fourth-order valence-corrected chi connectivity index (χ4v) is 3.95. The molecule has 158 valence electrons. The number of rotatable bonds is 9. The maximum Gasteiger partial charge on any atom is 0.337 e. The molecule has 0 aliphatic carbocycles. The van der Waals surface area contributed by atoms with E-state index in [0.717, 1.165) is 28.3 Å². The van der Waals surface area contributed by atoms with Crippen LogP contribution in [0.15, 0.2) is 48.5 Å². The molecule has 0 spiro atoms. The van der Waals surface area contributed by atoms with Gasteiger partial charge in [0, 0.05) is 42.1 Å². The van der Waals surface area contributed by atoms with Crippen molar-refractivity contribution in [3.8, 4) is 5.75 Å². The highest BCUT2D eigenvalue weighted by molar-refractivity contribution is 5.91. The number of hydrogen-bond donors (Lipinski definition) is 2. The third-order valence-corrected chi connectivity index (χ3v) is 5.44. The van der Waals surface area contributed by atoms with Gasteiger partial charge in [-0.2, -0.15) is 0 Å². The topological polar surface area (TPSA) is 63.5 Å². The first kappa shape index (κ1) is 21.7. The number of nitrogens with one attached hydrogen (secondary N) is 1. The number of ether oxygens (including phenoxy) is 1. The first-order valence-electron chi connectivity index (χ1n) is 10.3. The van der Waals surface area contributed by atoms with Crippen LogP contribution in [-0.2, 0) is 19.6 Å². The second-order valence-electron chi connectivity index (χ2n) is 7.55. The molecule has 3 rings (SSSR count). The Bertz CT molecular complexity index is 1040. The zero-order chi connectivity index (χ0) is 21.7. The number of carboxylic acid groups (broad SMARTS) is 1. The minimum Gasteiger partial charge on any atom is -0.494 e. The summed E-state index contributed by atoms with van der Waals surface area (Å²) in [5.41, 5.74) is 6.42. The lowest BCUT2D eigenvalue weighted by Gasteiger charge is -2.12. The number of benzene rings is 2. The SMILES string of the molecule is CCOc1ccccc1CNCc1c(C(=O)O)c(C)n(Cc2cccc(C)c2)c1C. The summed E-state index contributed by atoms with van der Waals surface area (Å²) < 4.78 is 7.79. The molecule has 0 atom stereocenters. The first-order chi connectivity index (χ1) is 14.4. The van der Waals surface area contributed by atoms with E-state index in [1.165, 1.54) is 11.1 Å². The normalized spacial score (nSPS) is 10.9. The molecule has 0 saturated heterocycles. The molecule has 5 heteroatoms. The fourth-order valence-electron chi connectivity index (χ4n) is 3.95. The van der Waals surface area contributed by atoms with Crippen molar-refractivity contribution in [2.45, 2.75) is 47.3 Å². The van der Waals surface area contributed by atoms with Gasteiger partial charge in [-0.1, -0.05) is 48.0 Å². The minimum atomic E-state index is -0.884. The van der Waals surface area contributed by atoms with Crippen LogP contribution >= 0.6 is 0 Å². The summed E-state index contributed by atoms with van der Waals surface area (Å²) in [5, 5.41) is 13.3. The van der Waals surface area contributed by atoms with Gasteiger partial charge in [0.1, 0.15) is 5.75 Å². The van der Waals surface area contributed by atoms with Crippen molar-refractivity contribution in [1.82, 2.24) is 9.88 Å². The molecule has 0 fully saturated rings. The Balaban J connectivity index is 1.83. The third kappa shape index (κ3) is 4.74. The summed E-state index contributed by atoms with van der Waals surface area (Å²) in [5.74, 6) is -0.0269. The molecule has 0 saturated carbocycles. The maximum absolute atomic E-state index is 12.0. The van der Waals surface area contributed by atoms with Crippen LogP contribution in [0.1, 0.15) is 50.9 Å². The Morgan fingerprint density at radius 1 is 1.03 bits per heavy atom. The quantitative estimate of drug-likeness (QED) is 0.533. The van der Waals surface area contributed by atoms with Crippen LogP contribution < -0.4 is 10.1 Å². The number of nitrogens with zero attached hydrogens (tertiary/aromatic N) is 1. The molecule has 0 amide bonds. The number of para-hydroxylation sites is 1. The largest absolute Gasteiger partial charge is 0.494 e. The van der Waals surface area contributed by atoms with Crippen LogP contribution in [0.3, 0.4) is 0 Å². The van der Waals surface area contributed by atoms with Crippen LogP contribution in [0, 0.1) is 20.8 Å². The van der Waals surface area contributed by atoms with Gasteiger partial charge in [-0.3, -0.25) is 0 Å². The number of carbonyl (C=O) groups is 1. The minimum absolute atomic E-state index is 0.394. The summed E-state index contributed by atoms with van der Waals surface area (Å²) in [6, 6.07) is 16.2.